The second kappa shape index (κ2) is 5.40. The van der Waals surface area contributed by atoms with E-state index in [-0.39, 0.29) is 21.4 Å². The van der Waals surface area contributed by atoms with Crippen molar-refractivity contribution in [2.45, 2.75) is 11.8 Å². The molecule has 0 spiro atoms. The molecule has 1 aromatic heterocycles. The molecule has 3 rings (SSSR count). The summed E-state index contributed by atoms with van der Waals surface area (Å²) in [5, 5.41) is 4.50. The zero-order valence-electron chi connectivity index (χ0n) is 12.1. The molecule has 0 radical (unpaired) electrons. The van der Waals surface area contributed by atoms with Gasteiger partial charge in [-0.15, -0.1) is 0 Å². The van der Waals surface area contributed by atoms with E-state index >= 15 is 0 Å². The molecule has 0 saturated carbocycles. The van der Waals surface area contributed by atoms with Gasteiger partial charge in [-0.3, -0.25) is 24.5 Å². The Morgan fingerprint density at radius 1 is 0.913 bits per heavy atom. The summed E-state index contributed by atoms with van der Waals surface area (Å²) >= 11 is 0. The van der Waals surface area contributed by atoms with Gasteiger partial charge in [0.15, 0.2) is 0 Å². The molecule has 0 fully saturated rings. The summed E-state index contributed by atoms with van der Waals surface area (Å²) in [5.41, 5.74) is -0.454. The molecule has 3 N–H and O–H groups in total. The summed E-state index contributed by atoms with van der Waals surface area (Å²) in [6, 6.07) is 10.9. The number of anilines is 1. The van der Waals surface area contributed by atoms with Crippen LogP contribution in [-0.2, 0) is 10.0 Å². The fraction of sp³-hybridized carbons (Fsp3) is 0.0667. The van der Waals surface area contributed by atoms with Crippen LogP contribution < -0.4 is 15.8 Å². The van der Waals surface area contributed by atoms with Crippen molar-refractivity contribution in [3.8, 4) is 0 Å². The zero-order chi connectivity index (χ0) is 16.6. The Kier molecular flexibility index (Phi) is 3.53. The number of hydrogen-bond acceptors (Lipinski definition) is 4. The topological polar surface area (TPSA) is 112 Å². The zero-order valence-corrected chi connectivity index (χ0v) is 12.9. The van der Waals surface area contributed by atoms with Gasteiger partial charge in [0, 0.05) is 0 Å². The number of rotatable bonds is 3. The van der Waals surface area contributed by atoms with Crippen molar-refractivity contribution < 1.29 is 8.42 Å². The molecule has 0 atom stereocenters. The predicted octanol–water partition coefficient (Wildman–Crippen LogP) is 1.33. The van der Waals surface area contributed by atoms with Gasteiger partial charge in [0.1, 0.15) is 0 Å². The van der Waals surface area contributed by atoms with E-state index in [0.29, 0.717) is 5.56 Å². The summed E-state index contributed by atoms with van der Waals surface area (Å²) in [6.07, 6.45) is 0. The average Bonchev–Trinajstić information content (AvgIpc) is 2.51. The largest absolute Gasteiger partial charge is 0.279 e. The van der Waals surface area contributed by atoms with Gasteiger partial charge in [-0.25, -0.2) is 8.42 Å². The third kappa shape index (κ3) is 2.64. The lowest BCUT2D eigenvalue weighted by atomic mass is 10.2. The molecular weight excluding hydrogens is 318 g/mol. The van der Waals surface area contributed by atoms with E-state index in [4.69, 9.17) is 0 Å². The standard InChI is InChI=1S/C15H13N3O4S/c1-9-5-2-3-8-12(9)23(21,22)18-11-7-4-6-10-13(11)15(20)17-16-14(10)19/h2-8,18H,1H3,(H,16,19)(H,17,20). The first-order valence-electron chi connectivity index (χ1n) is 6.72. The summed E-state index contributed by atoms with van der Waals surface area (Å²) in [4.78, 5) is 23.9. The van der Waals surface area contributed by atoms with Crippen molar-refractivity contribution >= 4 is 26.5 Å². The molecular formula is C15H13N3O4S. The number of hydrogen-bond donors (Lipinski definition) is 3. The summed E-state index contributed by atoms with van der Waals surface area (Å²) in [6.45, 7) is 1.68. The van der Waals surface area contributed by atoms with Crippen molar-refractivity contribution in [2.75, 3.05) is 4.72 Å². The minimum Gasteiger partial charge on any atom is -0.279 e. The third-order valence-corrected chi connectivity index (χ3v) is 4.98. The molecule has 8 heteroatoms. The van der Waals surface area contributed by atoms with E-state index in [1.165, 1.54) is 24.3 Å². The number of H-pyrrole nitrogens is 2. The van der Waals surface area contributed by atoms with Gasteiger partial charge in [-0.1, -0.05) is 24.3 Å². The van der Waals surface area contributed by atoms with Crippen LogP contribution in [0.3, 0.4) is 0 Å². The quantitative estimate of drug-likeness (QED) is 0.672. The number of aromatic amines is 2. The minimum atomic E-state index is -3.88. The highest BCUT2D eigenvalue weighted by Gasteiger charge is 2.18. The monoisotopic (exact) mass is 331 g/mol. The highest BCUT2D eigenvalue weighted by molar-refractivity contribution is 7.92. The molecule has 0 aliphatic carbocycles. The Hall–Kier alpha value is -2.87. The molecule has 0 amide bonds. The van der Waals surface area contributed by atoms with E-state index in [1.54, 1.807) is 25.1 Å². The molecule has 23 heavy (non-hydrogen) atoms. The maximum absolute atomic E-state index is 12.6. The lowest BCUT2D eigenvalue weighted by molar-refractivity contribution is 0.600. The second-order valence-corrected chi connectivity index (χ2v) is 6.66. The molecule has 0 unspecified atom stereocenters. The van der Waals surface area contributed by atoms with Crippen molar-refractivity contribution in [3.63, 3.8) is 0 Å². The summed E-state index contributed by atoms with van der Waals surface area (Å²) < 4.78 is 27.5. The smallest absolute Gasteiger partial charge is 0.272 e. The van der Waals surface area contributed by atoms with Crippen LogP contribution in [0.25, 0.3) is 10.8 Å². The molecule has 1 heterocycles. The maximum Gasteiger partial charge on any atom is 0.272 e. The Balaban J connectivity index is 2.20. The fourth-order valence-electron chi connectivity index (χ4n) is 2.37. The van der Waals surface area contributed by atoms with E-state index in [9.17, 15) is 18.0 Å². The van der Waals surface area contributed by atoms with Crippen LogP contribution in [0.15, 0.2) is 56.9 Å². The molecule has 2 aromatic carbocycles. The van der Waals surface area contributed by atoms with E-state index < -0.39 is 21.1 Å². The van der Waals surface area contributed by atoms with Crippen LogP contribution in [0, 0.1) is 6.92 Å². The minimum absolute atomic E-state index is 0.00610. The average molecular weight is 331 g/mol. The first-order valence-corrected chi connectivity index (χ1v) is 8.20. The van der Waals surface area contributed by atoms with Crippen LogP contribution in [0.1, 0.15) is 5.56 Å². The molecule has 0 saturated heterocycles. The van der Waals surface area contributed by atoms with E-state index in [0.717, 1.165) is 0 Å². The number of aromatic nitrogens is 2. The van der Waals surface area contributed by atoms with Crippen molar-refractivity contribution in [3.05, 3.63) is 68.7 Å². The normalized spacial score (nSPS) is 11.5. The SMILES string of the molecule is Cc1ccccc1S(=O)(=O)Nc1cccc2c(=O)[nH][nH]c(=O)c12. The van der Waals surface area contributed by atoms with Gasteiger partial charge < -0.3 is 0 Å². The molecule has 0 aliphatic heterocycles. The van der Waals surface area contributed by atoms with E-state index in [2.05, 4.69) is 14.9 Å². The Labute approximate surface area is 131 Å². The maximum atomic E-state index is 12.6. The number of sulfonamides is 1. The van der Waals surface area contributed by atoms with Crippen molar-refractivity contribution in [1.82, 2.24) is 10.2 Å². The van der Waals surface area contributed by atoms with Crippen molar-refractivity contribution in [1.29, 1.82) is 0 Å². The van der Waals surface area contributed by atoms with Crippen LogP contribution in [-0.4, -0.2) is 18.6 Å². The number of nitrogens with one attached hydrogen (secondary N) is 3. The number of fused-ring (bicyclic) bond motifs is 1. The third-order valence-electron chi connectivity index (χ3n) is 3.45. The van der Waals surface area contributed by atoms with Gasteiger partial charge in [-0.2, -0.15) is 0 Å². The Morgan fingerprint density at radius 3 is 2.35 bits per heavy atom. The molecule has 118 valence electrons. The first kappa shape index (κ1) is 15.0. The summed E-state index contributed by atoms with van der Waals surface area (Å²) in [5.74, 6) is 0. The highest BCUT2D eigenvalue weighted by Crippen LogP contribution is 2.22. The molecule has 3 aromatic rings. The first-order chi connectivity index (χ1) is 10.9. The highest BCUT2D eigenvalue weighted by atomic mass is 32.2. The van der Waals surface area contributed by atoms with Crippen LogP contribution in [0.5, 0.6) is 0 Å². The van der Waals surface area contributed by atoms with Gasteiger partial charge in [0.05, 0.1) is 21.4 Å². The summed E-state index contributed by atoms with van der Waals surface area (Å²) in [7, 11) is -3.88. The Morgan fingerprint density at radius 2 is 1.61 bits per heavy atom. The van der Waals surface area contributed by atoms with Gasteiger partial charge >= 0.3 is 0 Å². The number of aryl methyl sites for hydroxylation is 1. The predicted molar refractivity (Wildman–Crippen MR) is 87.2 cm³/mol. The Bertz CT molecular complexity index is 1110. The van der Waals surface area contributed by atoms with Gasteiger partial charge in [0.25, 0.3) is 21.1 Å². The molecule has 7 nitrogen and oxygen atoms in total. The van der Waals surface area contributed by atoms with Gasteiger partial charge in [-0.05, 0) is 30.7 Å². The van der Waals surface area contributed by atoms with Crippen LogP contribution >= 0.6 is 0 Å². The van der Waals surface area contributed by atoms with Crippen LogP contribution in [0.2, 0.25) is 0 Å². The lowest BCUT2D eigenvalue weighted by Crippen LogP contribution is -2.22. The lowest BCUT2D eigenvalue weighted by Gasteiger charge is -2.11. The fourth-order valence-corrected chi connectivity index (χ4v) is 3.69. The van der Waals surface area contributed by atoms with E-state index in [1.807, 2.05) is 0 Å². The van der Waals surface area contributed by atoms with Crippen LogP contribution in [0.4, 0.5) is 5.69 Å². The number of benzene rings is 2. The molecule has 0 aliphatic rings. The molecule has 0 bridgehead atoms. The van der Waals surface area contributed by atoms with Gasteiger partial charge in [0.2, 0.25) is 0 Å². The van der Waals surface area contributed by atoms with Crippen molar-refractivity contribution in [2.24, 2.45) is 0 Å². The second-order valence-electron chi connectivity index (χ2n) is 5.01.